The van der Waals surface area contributed by atoms with Gasteiger partial charge in [-0.3, -0.25) is 0 Å². The van der Waals surface area contributed by atoms with E-state index in [4.69, 9.17) is 18.9 Å². The minimum absolute atomic E-state index is 0.118. The van der Waals surface area contributed by atoms with Crippen LogP contribution in [0.1, 0.15) is 16.7 Å². The number of methoxy groups -OCH3 is 3. The second-order valence-corrected chi connectivity index (χ2v) is 7.66. The van der Waals surface area contributed by atoms with Gasteiger partial charge >= 0.3 is 0 Å². The highest BCUT2D eigenvalue weighted by Gasteiger charge is 2.13. The van der Waals surface area contributed by atoms with Gasteiger partial charge in [-0.05, 0) is 36.2 Å². The molecule has 0 saturated heterocycles. The third-order valence-electron chi connectivity index (χ3n) is 4.57. The van der Waals surface area contributed by atoms with Crippen molar-refractivity contribution in [3.8, 4) is 23.0 Å². The van der Waals surface area contributed by atoms with Crippen LogP contribution in [0.3, 0.4) is 0 Å². The Labute approximate surface area is 178 Å². The van der Waals surface area contributed by atoms with Crippen molar-refractivity contribution in [2.75, 3.05) is 21.3 Å². The van der Waals surface area contributed by atoms with E-state index < -0.39 is 0 Å². The van der Waals surface area contributed by atoms with Gasteiger partial charge in [0, 0.05) is 17.4 Å². The third kappa shape index (κ3) is 5.12. The van der Waals surface area contributed by atoms with E-state index in [9.17, 15) is 5.11 Å². The first-order valence-electron chi connectivity index (χ1n) is 9.39. The summed E-state index contributed by atoms with van der Waals surface area (Å²) < 4.78 is 21.9. The first kappa shape index (κ1) is 21.7. The lowest BCUT2D eigenvalue weighted by molar-refractivity contribution is -0.207. The van der Waals surface area contributed by atoms with Gasteiger partial charge in [-0.2, -0.15) is 0 Å². The van der Waals surface area contributed by atoms with Crippen molar-refractivity contribution in [2.24, 2.45) is 0 Å². The Bertz CT molecular complexity index is 1010. The maximum absolute atomic E-state index is 13.1. The van der Waals surface area contributed by atoms with Gasteiger partial charge in [-0.1, -0.05) is 44.0 Å². The fourth-order valence-corrected chi connectivity index (χ4v) is 3.91. The zero-order valence-electron chi connectivity index (χ0n) is 17.5. The highest BCUT2D eigenvalue weighted by molar-refractivity contribution is 7.49. The van der Waals surface area contributed by atoms with Crippen molar-refractivity contribution in [1.29, 1.82) is 0 Å². The molecule has 30 heavy (non-hydrogen) atoms. The molecule has 3 aromatic carbocycles. The quantitative estimate of drug-likeness (QED) is 0.517. The highest BCUT2D eigenvalue weighted by Crippen LogP contribution is 2.35. The Morgan fingerprint density at radius 1 is 0.833 bits per heavy atom. The number of hydrogen-bond donors (Lipinski definition) is 0. The van der Waals surface area contributed by atoms with E-state index in [1.54, 1.807) is 19.2 Å². The van der Waals surface area contributed by atoms with Gasteiger partial charge in [0.2, 0.25) is 0 Å². The van der Waals surface area contributed by atoms with Crippen molar-refractivity contribution in [3.05, 3.63) is 77.4 Å². The molecule has 0 aliphatic rings. The Morgan fingerprint density at radius 2 is 1.50 bits per heavy atom. The topological polar surface area (TPSA) is 60.0 Å². The predicted octanol–water partition coefficient (Wildman–Crippen LogP) is 3.71. The first-order valence-corrected chi connectivity index (χ1v) is 10.3. The summed E-state index contributed by atoms with van der Waals surface area (Å²) in [6.07, 6.45) is 0. The molecule has 0 heterocycles. The van der Waals surface area contributed by atoms with Crippen LogP contribution >= 0.6 is 8.20 Å². The van der Waals surface area contributed by atoms with Crippen LogP contribution in [0, 0.1) is 6.92 Å². The summed E-state index contributed by atoms with van der Waals surface area (Å²) in [6, 6.07) is 19.1. The van der Waals surface area contributed by atoms with E-state index in [-0.39, 0.29) is 5.48 Å². The molecular weight excluding hydrogens is 399 g/mol. The molecule has 0 atom stereocenters. The van der Waals surface area contributed by atoms with Crippen molar-refractivity contribution < 1.29 is 24.1 Å². The summed E-state index contributed by atoms with van der Waals surface area (Å²) in [5, 5.41) is 14.0. The molecule has 0 amide bonds. The number of aryl methyl sites for hydroxylation is 1. The molecule has 5 nitrogen and oxygen atoms in total. The van der Waals surface area contributed by atoms with Crippen LogP contribution < -0.4 is 29.4 Å². The van der Waals surface area contributed by atoms with Gasteiger partial charge in [0.05, 0.1) is 26.9 Å². The summed E-state index contributed by atoms with van der Waals surface area (Å²) in [4.78, 5) is 0. The molecule has 0 radical (unpaired) electrons. The fourth-order valence-electron chi connectivity index (χ4n) is 2.97. The average molecular weight is 423 g/mol. The van der Waals surface area contributed by atoms with E-state index in [0.29, 0.717) is 37.6 Å². The van der Waals surface area contributed by atoms with Crippen LogP contribution in [0.2, 0.25) is 0 Å². The van der Waals surface area contributed by atoms with Crippen molar-refractivity contribution in [3.63, 3.8) is 0 Å². The van der Waals surface area contributed by atoms with Crippen LogP contribution in [0.25, 0.3) is 0 Å². The Balaban J connectivity index is 1.86. The van der Waals surface area contributed by atoms with E-state index >= 15 is 0 Å². The Morgan fingerprint density at radius 3 is 2.07 bits per heavy atom. The molecule has 0 aliphatic heterocycles. The standard InChI is InChI=1S/C24H25O5P/c1-16-12-18(29-15-17-8-6-5-7-9-17)10-11-22(16)30-24(25)23-20(27-3)13-19(26-2)14-21(23)28-4/h5-14,25H,15H2,1-4H3/p-1. The maximum Gasteiger partial charge on any atom is 0.132 e. The third-order valence-corrected chi connectivity index (χ3v) is 5.74. The number of ether oxygens (including phenoxy) is 4. The molecule has 3 aromatic rings. The lowest BCUT2D eigenvalue weighted by Crippen LogP contribution is -2.20. The second-order valence-electron chi connectivity index (χ2n) is 6.55. The summed E-state index contributed by atoms with van der Waals surface area (Å²) in [6.45, 7) is 2.46. The predicted molar refractivity (Wildman–Crippen MR) is 119 cm³/mol. The Hall–Kier alpha value is -3.01. The van der Waals surface area contributed by atoms with Crippen LogP contribution in [0.4, 0.5) is 0 Å². The van der Waals surface area contributed by atoms with Crippen LogP contribution in [0.15, 0.2) is 60.7 Å². The summed E-state index contributed by atoms with van der Waals surface area (Å²) >= 11 is 0. The maximum atomic E-state index is 13.1. The van der Waals surface area contributed by atoms with Crippen LogP contribution in [-0.4, -0.2) is 26.8 Å². The minimum Gasteiger partial charge on any atom is -0.823 e. The number of hydrogen-bond acceptors (Lipinski definition) is 5. The highest BCUT2D eigenvalue weighted by atomic mass is 31.1. The molecule has 0 aromatic heterocycles. The van der Waals surface area contributed by atoms with Gasteiger partial charge in [-0.25, -0.2) is 0 Å². The summed E-state index contributed by atoms with van der Waals surface area (Å²) in [5.74, 6) is 2.17. The summed E-state index contributed by atoms with van der Waals surface area (Å²) in [7, 11) is 5.12. The fraction of sp³-hybridized carbons (Fsp3) is 0.208. The summed E-state index contributed by atoms with van der Waals surface area (Å²) in [5.41, 5.74) is 2.35. The van der Waals surface area contributed by atoms with Gasteiger partial charge < -0.3 is 24.1 Å². The van der Waals surface area contributed by atoms with Gasteiger partial charge in [-0.15, -0.1) is 0 Å². The van der Waals surface area contributed by atoms with E-state index in [1.165, 1.54) is 14.2 Å². The number of rotatable bonds is 8. The smallest absolute Gasteiger partial charge is 0.132 e. The Kier molecular flexibility index (Phi) is 7.34. The average Bonchev–Trinajstić information content (AvgIpc) is 2.78. The van der Waals surface area contributed by atoms with E-state index in [1.807, 2.05) is 55.5 Å². The normalized spacial score (nSPS) is 11.2. The van der Waals surface area contributed by atoms with Gasteiger partial charge in [0.15, 0.2) is 0 Å². The monoisotopic (exact) mass is 423 g/mol. The molecule has 0 aliphatic carbocycles. The number of benzene rings is 3. The van der Waals surface area contributed by atoms with Crippen molar-refractivity contribution in [2.45, 2.75) is 13.5 Å². The van der Waals surface area contributed by atoms with Gasteiger partial charge in [0.25, 0.3) is 0 Å². The molecule has 0 saturated carbocycles. The van der Waals surface area contributed by atoms with Crippen LogP contribution in [-0.2, 0) is 6.61 Å². The van der Waals surface area contributed by atoms with E-state index in [2.05, 4.69) is 0 Å². The molecule has 0 N–H and O–H groups in total. The SMILES string of the molecule is COc1cc(OC)c(C([O-])=Pc2ccc(OCc3ccccc3)cc2C)c(OC)c1. The lowest BCUT2D eigenvalue weighted by Gasteiger charge is -2.20. The van der Waals surface area contributed by atoms with Crippen molar-refractivity contribution >= 4 is 19.0 Å². The molecular formula is C24H24O5P-. The molecule has 3 rings (SSSR count). The zero-order chi connectivity index (χ0) is 21.5. The lowest BCUT2D eigenvalue weighted by atomic mass is 10.1. The second kappa shape index (κ2) is 10.1. The molecule has 0 unspecified atom stereocenters. The minimum atomic E-state index is -0.118. The molecule has 156 valence electrons. The molecule has 0 spiro atoms. The largest absolute Gasteiger partial charge is 0.823 e. The molecule has 6 heteroatoms. The zero-order valence-corrected chi connectivity index (χ0v) is 18.4. The van der Waals surface area contributed by atoms with Crippen LogP contribution in [0.5, 0.6) is 23.0 Å². The molecule has 0 bridgehead atoms. The van der Waals surface area contributed by atoms with Gasteiger partial charge in [0.1, 0.15) is 29.6 Å². The van der Waals surface area contributed by atoms with Crippen molar-refractivity contribution in [1.82, 2.24) is 0 Å². The molecule has 0 fully saturated rings. The van der Waals surface area contributed by atoms with E-state index in [0.717, 1.165) is 22.2 Å². The first-order chi connectivity index (χ1) is 14.5.